The van der Waals surface area contributed by atoms with Gasteiger partial charge in [0.2, 0.25) is 11.8 Å². The third-order valence-corrected chi connectivity index (χ3v) is 8.51. The summed E-state index contributed by atoms with van der Waals surface area (Å²) >= 11 is 0. The number of rotatable bonds is 6. The lowest BCUT2D eigenvalue weighted by atomic mass is 9.87. The molecule has 1 saturated carbocycles. The van der Waals surface area contributed by atoms with Crippen molar-refractivity contribution in [3.8, 4) is 5.88 Å². The first-order valence-electron chi connectivity index (χ1n) is 13.9. The molecule has 0 radical (unpaired) electrons. The molecule has 4 aromatic rings. The number of nitrogens with one attached hydrogen (secondary N) is 1. The number of methoxy groups -OCH3 is 1. The summed E-state index contributed by atoms with van der Waals surface area (Å²) in [5.41, 5.74) is 3.12. The summed E-state index contributed by atoms with van der Waals surface area (Å²) in [4.78, 5) is 23.6. The predicted molar refractivity (Wildman–Crippen MR) is 152 cm³/mol. The molecule has 9 nitrogen and oxygen atoms in total. The molecule has 200 valence electrons. The Kier molecular flexibility index (Phi) is 6.78. The van der Waals surface area contributed by atoms with Gasteiger partial charge >= 0.3 is 0 Å². The van der Waals surface area contributed by atoms with E-state index in [4.69, 9.17) is 14.7 Å². The van der Waals surface area contributed by atoms with Gasteiger partial charge in [-0.1, -0.05) is 6.92 Å². The molecule has 1 aliphatic heterocycles. The van der Waals surface area contributed by atoms with Gasteiger partial charge in [0.15, 0.2) is 0 Å². The fraction of sp³-hybridized carbons (Fsp3) is 0.517. The number of aromatic nitrogens is 5. The number of nitrogens with zero attached hydrogens (tertiary/aromatic N) is 7. The summed E-state index contributed by atoms with van der Waals surface area (Å²) in [5, 5.41) is 5.56. The second-order valence-corrected chi connectivity index (χ2v) is 11.1. The molecule has 2 fully saturated rings. The summed E-state index contributed by atoms with van der Waals surface area (Å²) in [7, 11) is 6.00. The third kappa shape index (κ3) is 4.64. The van der Waals surface area contributed by atoms with Gasteiger partial charge in [0.05, 0.1) is 18.8 Å². The highest BCUT2D eigenvalue weighted by Crippen LogP contribution is 2.38. The maximum atomic E-state index is 5.71. The maximum Gasteiger partial charge on any atom is 0.239 e. The van der Waals surface area contributed by atoms with Crippen LogP contribution in [0.15, 0.2) is 36.8 Å². The number of piperidine rings is 1. The average Bonchev–Trinajstić information content (AvgIpc) is 3.27. The second kappa shape index (κ2) is 10.4. The molecule has 0 atom stereocenters. The third-order valence-electron chi connectivity index (χ3n) is 8.51. The second-order valence-electron chi connectivity index (χ2n) is 11.1. The van der Waals surface area contributed by atoms with Gasteiger partial charge < -0.3 is 24.4 Å². The zero-order valence-corrected chi connectivity index (χ0v) is 22.9. The van der Waals surface area contributed by atoms with E-state index in [9.17, 15) is 0 Å². The summed E-state index contributed by atoms with van der Waals surface area (Å²) in [6.45, 7) is 4.34. The van der Waals surface area contributed by atoms with Gasteiger partial charge in [-0.3, -0.25) is 4.98 Å². The first kappa shape index (κ1) is 24.9. The van der Waals surface area contributed by atoms with E-state index in [0.29, 0.717) is 29.7 Å². The molecule has 6 rings (SSSR count). The van der Waals surface area contributed by atoms with Crippen molar-refractivity contribution in [3.05, 3.63) is 36.8 Å². The van der Waals surface area contributed by atoms with Crippen molar-refractivity contribution in [3.63, 3.8) is 0 Å². The average molecular weight is 515 g/mol. The highest BCUT2D eigenvalue weighted by Gasteiger charge is 2.26. The van der Waals surface area contributed by atoms with Crippen molar-refractivity contribution < 1.29 is 4.74 Å². The lowest BCUT2D eigenvalue weighted by Crippen LogP contribution is -2.42. The Morgan fingerprint density at radius 3 is 2.47 bits per heavy atom. The summed E-state index contributed by atoms with van der Waals surface area (Å²) in [6, 6.07) is 7.21. The molecule has 1 aliphatic carbocycles. The van der Waals surface area contributed by atoms with E-state index in [1.54, 1.807) is 7.11 Å². The van der Waals surface area contributed by atoms with E-state index in [0.717, 1.165) is 72.3 Å². The van der Waals surface area contributed by atoms with Crippen LogP contribution in [0, 0.1) is 5.92 Å². The Labute approximate surface area is 224 Å². The van der Waals surface area contributed by atoms with Crippen molar-refractivity contribution in [2.24, 2.45) is 5.92 Å². The maximum absolute atomic E-state index is 5.71. The van der Waals surface area contributed by atoms with Gasteiger partial charge in [0, 0.05) is 48.3 Å². The van der Waals surface area contributed by atoms with E-state index in [-0.39, 0.29) is 0 Å². The number of anilines is 3. The molecule has 0 aromatic carbocycles. The fourth-order valence-corrected chi connectivity index (χ4v) is 6.23. The van der Waals surface area contributed by atoms with Crippen LogP contribution in [0.3, 0.4) is 0 Å². The standard InChI is InChI=1S/C29H38N8O/c1-19-5-7-21(8-6-19)37-25-18-30-14-11-22(25)23-17-31-29(34-27(23)37)33-26-10-9-24(28(32-26)38-4)36-15-12-20(13-16-36)35(2)3/h9-11,14,17-21H,5-8,12-13,15-16H2,1-4H3,(H,31,32,33,34). The van der Waals surface area contributed by atoms with E-state index in [1.807, 2.05) is 24.7 Å². The fourth-order valence-electron chi connectivity index (χ4n) is 6.23. The minimum absolute atomic E-state index is 0.423. The molecule has 0 unspecified atom stereocenters. The van der Waals surface area contributed by atoms with Gasteiger partial charge in [-0.2, -0.15) is 9.97 Å². The van der Waals surface area contributed by atoms with Gasteiger partial charge in [0.25, 0.3) is 0 Å². The first-order chi connectivity index (χ1) is 18.5. The van der Waals surface area contributed by atoms with E-state index in [1.165, 1.54) is 12.8 Å². The van der Waals surface area contributed by atoms with Gasteiger partial charge in [-0.25, -0.2) is 4.98 Å². The Hall–Kier alpha value is -3.46. The Morgan fingerprint density at radius 1 is 0.947 bits per heavy atom. The molecule has 0 amide bonds. The van der Waals surface area contributed by atoms with Crippen LogP contribution in [0.5, 0.6) is 5.88 Å². The summed E-state index contributed by atoms with van der Waals surface area (Å²) in [5.74, 6) is 2.61. The molecule has 2 aliphatic rings. The molecule has 9 heteroatoms. The van der Waals surface area contributed by atoms with Crippen LogP contribution in [-0.4, -0.2) is 69.7 Å². The smallest absolute Gasteiger partial charge is 0.239 e. The normalized spacial score (nSPS) is 20.9. The lowest BCUT2D eigenvalue weighted by molar-refractivity contribution is 0.249. The molecule has 38 heavy (non-hydrogen) atoms. The molecule has 0 bridgehead atoms. The van der Waals surface area contributed by atoms with Crippen LogP contribution in [0.1, 0.15) is 51.5 Å². The lowest BCUT2D eigenvalue weighted by Gasteiger charge is -2.36. The van der Waals surface area contributed by atoms with Crippen molar-refractivity contribution in [1.29, 1.82) is 0 Å². The minimum Gasteiger partial charge on any atom is -0.479 e. The van der Waals surface area contributed by atoms with Crippen LogP contribution in [0.25, 0.3) is 21.9 Å². The van der Waals surface area contributed by atoms with Gasteiger partial charge in [-0.05, 0) is 76.7 Å². The number of hydrogen-bond acceptors (Lipinski definition) is 8. The predicted octanol–water partition coefficient (Wildman–Crippen LogP) is 5.41. The quantitative estimate of drug-likeness (QED) is 0.366. The molecule has 1 N–H and O–H groups in total. The zero-order chi connectivity index (χ0) is 26.2. The van der Waals surface area contributed by atoms with E-state index in [2.05, 4.69) is 62.8 Å². The van der Waals surface area contributed by atoms with Crippen LogP contribution < -0.4 is 15.0 Å². The largest absolute Gasteiger partial charge is 0.479 e. The topological polar surface area (TPSA) is 84.2 Å². The molecule has 4 aromatic heterocycles. The number of fused-ring (bicyclic) bond motifs is 3. The first-order valence-corrected chi connectivity index (χ1v) is 13.9. The van der Waals surface area contributed by atoms with Crippen LogP contribution >= 0.6 is 0 Å². The Balaban J connectivity index is 1.29. The van der Waals surface area contributed by atoms with Crippen LogP contribution in [-0.2, 0) is 0 Å². The highest BCUT2D eigenvalue weighted by atomic mass is 16.5. The van der Waals surface area contributed by atoms with Crippen molar-refractivity contribution in [2.45, 2.75) is 57.5 Å². The Morgan fingerprint density at radius 2 is 1.74 bits per heavy atom. The van der Waals surface area contributed by atoms with Crippen LogP contribution in [0.4, 0.5) is 17.5 Å². The van der Waals surface area contributed by atoms with Gasteiger partial charge in [0.1, 0.15) is 17.2 Å². The Bertz CT molecular complexity index is 1420. The van der Waals surface area contributed by atoms with Crippen molar-refractivity contribution in [1.82, 2.24) is 29.4 Å². The minimum atomic E-state index is 0.423. The van der Waals surface area contributed by atoms with Crippen molar-refractivity contribution in [2.75, 3.05) is 44.5 Å². The molecule has 5 heterocycles. The van der Waals surface area contributed by atoms with Crippen LogP contribution in [0.2, 0.25) is 0 Å². The van der Waals surface area contributed by atoms with E-state index >= 15 is 0 Å². The summed E-state index contributed by atoms with van der Waals surface area (Å²) in [6.07, 6.45) is 12.8. The number of hydrogen-bond donors (Lipinski definition) is 1. The SMILES string of the molecule is COc1nc(Nc2ncc3c4ccncc4n(C4CCC(C)CC4)c3n2)ccc1N1CCC(N(C)C)CC1. The number of ether oxygens (including phenoxy) is 1. The molecular weight excluding hydrogens is 476 g/mol. The summed E-state index contributed by atoms with van der Waals surface area (Å²) < 4.78 is 8.11. The van der Waals surface area contributed by atoms with Crippen molar-refractivity contribution >= 4 is 39.4 Å². The highest BCUT2D eigenvalue weighted by molar-refractivity contribution is 6.06. The molecular formula is C29H38N8O. The monoisotopic (exact) mass is 514 g/mol. The molecule has 0 spiro atoms. The molecule has 1 saturated heterocycles. The van der Waals surface area contributed by atoms with E-state index < -0.39 is 0 Å². The zero-order valence-electron chi connectivity index (χ0n) is 22.9. The number of pyridine rings is 2. The van der Waals surface area contributed by atoms with Gasteiger partial charge in [-0.15, -0.1) is 0 Å².